The Balaban J connectivity index is 1.67. The summed E-state index contributed by atoms with van der Waals surface area (Å²) in [6.07, 6.45) is -0.789. The molecule has 27 heavy (non-hydrogen) atoms. The summed E-state index contributed by atoms with van der Waals surface area (Å²) in [7, 11) is 0. The number of nitrogens with zero attached hydrogens (tertiary/aromatic N) is 1. The van der Waals surface area contributed by atoms with E-state index in [1.54, 1.807) is 36.1 Å². The number of hydrogen-bond acceptors (Lipinski definition) is 4. The van der Waals surface area contributed by atoms with Gasteiger partial charge >= 0.3 is 5.97 Å². The lowest BCUT2D eigenvalue weighted by molar-refractivity contribution is -0.151. The topological polar surface area (TPSA) is 63.7 Å². The molecule has 0 aliphatic carbocycles. The molecule has 1 heterocycles. The molecule has 1 amide bonds. The predicted molar refractivity (Wildman–Crippen MR) is 103 cm³/mol. The van der Waals surface area contributed by atoms with Gasteiger partial charge in [0.2, 0.25) is 11.7 Å². The first-order valence-corrected chi connectivity index (χ1v) is 9.04. The summed E-state index contributed by atoms with van der Waals surface area (Å²) < 4.78 is 5.37. The van der Waals surface area contributed by atoms with Crippen molar-refractivity contribution < 1.29 is 19.1 Å². The molecule has 1 aliphatic heterocycles. The normalized spacial score (nSPS) is 17.7. The minimum absolute atomic E-state index is 0.0957. The zero-order chi connectivity index (χ0) is 19.6. The van der Waals surface area contributed by atoms with Crippen molar-refractivity contribution >= 4 is 23.3 Å². The van der Waals surface area contributed by atoms with Crippen LogP contribution in [0.5, 0.6) is 0 Å². The van der Waals surface area contributed by atoms with Crippen LogP contribution in [0.15, 0.2) is 48.5 Å². The number of hydrogen-bond donors (Lipinski definition) is 0. The van der Waals surface area contributed by atoms with Crippen LogP contribution in [0.2, 0.25) is 0 Å². The van der Waals surface area contributed by atoms with Gasteiger partial charge < -0.3 is 9.64 Å². The maximum Gasteiger partial charge on any atom is 0.312 e. The number of Topliss-reactive ketones (excluding diaryl/α,β-unsaturated/α-hetero) is 1. The van der Waals surface area contributed by atoms with E-state index in [1.165, 1.54) is 0 Å². The average Bonchev–Trinajstić information content (AvgIpc) is 3.05. The zero-order valence-corrected chi connectivity index (χ0v) is 15.8. The molecule has 1 saturated heterocycles. The Morgan fingerprint density at radius 2 is 1.81 bits per heavy atom. The molecule has 5 nitrogen and oxygen atoms in total. The van der Waals surface area contributed by atoms with Gasteiger partial charge in [0, 0.05) is 24.2 Å². The Labute approximate surface area is 158 Å². The van der Waals surface area contributed by atoms with Crippen molar-refractivity contribution in [3.63, 3.8) is 0 Å². The fourth-order valence-corrected chi connectivity index (χ4v) is 3.27. The Morgan fingerprint density at radius 1 is 1.11 bits per heavy atom. The highest BCUT2D eigenvalue weighted by atomic mass is 16.5. The number of ether oxygens (including phenoxy) is 1. The molecule has 0 aromatic heterocycles. The van der Waals surface area contributed by atoms with E-state index in [9.17, 15) is 14.4 Å². The molecule has 3 rings (SSSR count). The number of rotatable bonds is 5. The summed E-state index contributed by atoms with van der Waals surface area (Å²) in [5.74, 6) is -1.43. The van der Waals surface area contributed by atoms with Crippen molar-refractivity contribution in [2.45, 2.75) is 33.3 Å². The van der Waals surface area contributed by atoms with E-state index in [0.29, 0.717) is 5.56 Å². The summed E-state index contributed by atoms with van der Waals surface area (Å²) >= 11 is 0. The second-order valence-corrected chi connectivity index (χ2v) is 7.00. The van der Waals surface area contributed by atoms with Crippen molar-refractivity contribution in [1.82, 2.24) is 0 Å². The van der Waals surface area contributed by atoms with E-state index in [-0.39, 0.29) is 24.7 Å². The number of aryl methyl sites for hydroxylation is 2. The minimum atomic E-state index is -0.884. The van der Waals surface area contributed by atoms with Gasteiger partial charge in [-0.3, -0.25) is 14.4 Å². The SMILES string of the molecule is Cc1ccc(C)c(N2C[C@H](C(=O)O[C@@H](C)C(=O)c3ccccc3)CC2=O)c1. The first-order valence-electron chi connectivity index (χ1n) is 9.04. The number of ketones is 1. The maximum absolute atomic E-state index is 12.5. The van der Waals surface area contributed by atoms with Gasteiger partial charge in [-0.2, -0.15) is 0 Å². The van der Waals surface area contributed by atoms with E-state index in [0.717, 1.165) is 16.8 Å². The van der Waals surface area contributed by atoms with Crippen LogP contribution in [0.3, 0.4) is 0 Å². The van der Waals surface area contributed by atoms with E-state index in [4.69, 9.17) is 4.74 Å². The molecule has 0 saturated carbocycles. The summed E-state index contributed by atoms with van der Waals surface area (Å²) in [5.41, 5.74) is 3.35. The summed E-state index contributed by atoms with van der Waals surface area (Å²) in [6, 6.07) is 14.6. The van der Waals surface area contributed by atoms with Crippen molar-refractivity contribution in [3.05, 3.63) is 65.2 Å². The number of anilines is 1. The van der Waals surface area contributed by atoms with Gasteiger partial charge in [0.05, 0.1) is 5.92 Å². The van der Waals surface area contributed by atoms with Crippen molar-refractivity contribution in [3.8, 4) is 0 Å². The summed E-state index contributed by atoms with van der Waals surface area (Å²) in [6.45, 7) is 5.74. The van der Waals surface area contributed by atoms with Gasteiger partial charge in [0.15, 0.2) is 6.10 Å². The standard InChI is InChI=1S/C22H23NO4/c1-14-9-10-15(2)19(11-14)23-13-18(12-20(23)24)22(26)27-16(3)21(25)17-7-5-4-6-8-17/h4-11,16,18H,12-13H2,1-3H3/t16-,18+/m0/s1. The molecule has 0 N–H and O–H groups in total. The lowest BCUT2D eigenvalue weighted by atomic mass is 10.1. The van der Waals surface area contributed by atoms with Gasteiger partial charge in [-0.15, -0.1) is 0 Å². The number of amides is 1. The third-order valence-electron chi connectivity index (χ3n) is 4.83. The average molecular weight is 365 g/mol. The number of esters is 1. The van der Waals surface area contributed by atoms with E-state index in [2.05, 4.69) is 0 Å². The molecule has 1 fully saturated rings. The van der Waals surface area contributed by atoms with Crippen molar-refractivity contribution in [2.24, 2.45) is 5.92 Å². The molecule has 0 spiro atoms. The molecule has 5 heteroatoms. The highest BCUT2D eigenvalue weighted by Crippen LogP contribution is 2.29. The fraction of sp³-hybridized carbons (Fsp3) is 0.318. The molecule has 2 aromatic carbocycles. The molecule has 0 radical (unpaired) electrons. The Bertz CT molecular complexity index is 875. The van der Waals surface area contributed by atoms with E-state index < -0.39 is 18.0 Å². The van der Waals surface area contributed by atoms with Crippen LogP contribution in [0, 0.1) is 19.8 Å². The second kappa shape index (κ2) is 7.74. The van der Waals surface area contributed by atoms with Crippen LogP contribution >= 0.6 is 0 Å². The van der Waals surface area contributed by atoms with Crippen LogP contribution in [0.25, 0.3) is 0 Å². The Morgan fingerprint density at radius 3 is 2.52 bits per heavy atom. The van der Waals surface area contributed by atoms with Gasteiger partial charge in [-0.1, -0.05) is 42.5 Å². The van der Waals surface area contributed by atoms with Gasteiger partial charge in [-0.25, -0.2) is 0 Å². The largest absolute Gasteiger partial charge is 0.454 e. The third-order valence-corrected chi connectivity index (χ3v) is 4.83. The third kappa shape index (κ3) is 4.08. The fourth-order valence-electron chi connectivity index (χ4n) is 3.27. The van der Waals surface area contributed by atoms with Gasteiger partial charge in [0.1, 0.15) is 0 Å². The molecule has 140 valence electrons. The highest BCUT2D eigenvalue weighted by molar-refractivity contribution is 6.02. The molecule has 1 aliphatic rings. The summed E-state index contributed by atoms with van der Waals surface area (Å²) in [5, 5.41) is 0. The quantitative estimate of drug-likeness (QED) is 0.601. The van der Waals surface area contributed by atoms with Crippen molar-refractivity contribution in [1.29, 1.82) is 0 Å². The maximum atomic E-state index is 12.5. The second-order valence-electron chi connectivity index (χ2n) is 7.00. The van der Waals surface area contributed by atoms with Crippen LogP contribution in [0.1, 0.15) is 34.8 Å². The molecular formula is C22H23NO4. The van der Waals surface area contributed by atoms with Crippen LogP contribution in [0.4, 0.5) is 5.69 Å². The molecular weight excluding hydrogens is 342 g/mol. The van der Waals surface area contributed by atoms with Gasteiger partial charge in [-0.05, 0) is 38.0 Å². The Kier molecular flexibility index (Phi) is 5.40. The number of benzene rings is 2. The molecule has 0 unspecified atom stereocenters. The van der Waals surface area contributed by atoms with Crippen LogP contribution in [-0.2, 0) is 14.3 Å². The van der Waals surface area contributed by atoms with Crippen LogP contribution in [-0.4, -0.2) is 30.3 Å². The van der Waals surface area contributed by atoms with E-state index >= 15 is 0 Å². The van der Waals surface area contributed by atoms with E-state index in [1.807, 2.05) is 38.1 Å². The first-order chi connectivity index (χ1) is 12.9. The molecule has 0 bridgehead atoms. The minimum Gasteiger partial charge on any atom is -0.454 e. The predicted octanol–water partition coefficient (Wildman–Crippen LogP) is 3.47. The summed E-state index contributed by atoms with van der Waals surface area (Å²) in [4.78, 5) is 39.0. The highest BCUT2D eigenvalue weighted by Gasteiger charge is 2.37. The molecule has 2 aromatic rings. The monoisotopic (exact) mass is 365 g/mol. The lowest BCUT2D eigenvalue weighted by Crippen LogP contribution is -2.30. The van der Waals surface area contributed by atoms with Crippen LogP contribution < -0.4 is 4.90 Å². The smallest absolute Gasteiger partial charge is 0.312 e. The zero-order valence-electron chi connectivity index (χ0n) is 15.8. The Hall–Kier alpha value is -2.95. The first kappa shape index (κ1) is 18.8. The molecule has 2 atom stereocenters. The van der Waals surface area contributed by atoms with Crippen molar-refractivity contribution in [2.75, 3.05) is 11.4 Å². The number of carbonyl (C=O) groups excluding carboxylic acids is 3. The lowest BCUT2D eigenvalue weighted by Gasteiger charge is -2.20. The number of carbonyl (C=O) groups is 3. The van der Waals surface area contributed by atoms with Gasteiger partial charge in [0.25, 0.3) is 0 Å².